The number of ether oxygens (including phenoxy) is 2. The third-order valence-corrected chi connectivity index (χ3v) is 4.74. The number of likely N-dealkylation sites (N-methyl/N-ethyl adjacent to an activating group) is 1. The number of carbonyl (C=O) groups excluding carboxylic acids is 1. The summed E-state index contributed by atoms with van der Waals surface area (Å²) in [6.07, 6.45) is 0. The highest BCUT2D eigenvalue weighted by molar-refractivity contribution is 5.98. The van der Waals surface area contributed by atoms with E-state index in [9.17, 15) is 4.79 Å². The number of para-hydroxylation sites is 2. The average molecular weight is 378 g/mol. The summed E-state index contributed by atoms with van der Waals surface area (Å²) in [5.41, 5.74) is 2.54. The van der Waals surface area contributed by atoms with Gasteiger partial charge < -0.3 is 14.4 Å². The molecule has 0 fully saturated rings. The van der Waals surface area contributed by atoms with Crippen molar-refractivity contribution in [1.29, 1.82) is 0 Å². The topological polar surface area (TPSA) is 67.8 Å². The van der Waals surface area contributed by atoms with Crippen LogP contribution < -0.4 is 14.5 Å². The molecule has 144 valence electrons. The maximum absolute atomic E-state index is 12.8. The van der Waals surface area contributed by atoms with Crippen LogP contribution in [0, 0.1) is 0 Å². The van der Waals surface area contributed by atoms with Crippen LogP contribution >= 0.6 is 0 Å². The molecule has 0 spiro atoms. The average Bonchev–Trinajstić information content (AvgIpc) is 2.73. The first-order valence-electron chi connectivity index (χ1n) is 9.14. The van der Waals surface area contributed by atoms with E-state index in [1.54, 1.807) is 12.0 Å². The molecule has 2 heterocycles. The van der Waals surface area contributed by atoms with Crippen molar-refractivity contribution < 1.29 is 14.3 Å². The second-order valence-electron chi connectivity index (χ2n) is 6.67. The van der Waals surface area contributed by atoms with Crippen molar-refractivity contribution in [3.05, 3.63) is 54.1 Å². The molecule has 0 atom stereocenters. The lowest BCUT2D eigenvalue weighted by Crippen LogP contribution is -2.45. The van der Waals surface area contributed by atoms with E-state index in [1.165, 1.54) is 0 Å². The SMILES string of the molecule is COc1cccc(COCC(=O)N2CCN(C)c3nc4ccccc4nc32)c1. The Bertz CT molecular complexity index is 1010. The van der Waals surface area contributed by atoms with Gasteiger partial charge in [0.15, 0.2) is 11.6 Å². The number of methoxy groups -OCH3 is 1. The van der Waals surface area contributed by atoms with Crippen molar-refractivity contribution >= 4 is 28.6 Å². The van der Waals surface area contributed by atoms with Crippen LogP contribution in [0.15, 0.2) is 48.5 Å². The predicted octanol–water partition coefficient (Wildman–Crippen LogP) is 2.64. The van der Waals surface area contributed by atoms with Gasteiger partial charge in [-0.15, -0.1) is 0 Å². The van der Waals surface area contributed by atoms with Crippen molar-refractivity contribution in [1.82, 2.24) is 9.97 Å². The third-order valence-electron chi connectivity index (χ3n) is 4.74. The van der Waals surface area contributed by atoms with Crippen molar-refractivity contribution in [2.45, 2.75) is 6.61 Å². The minimum atomic E-state index is -0.123. The highest BCUT2D eigenvalue weighted by atomic mass is 16.5. The molecule has 0 saturated carbocycles. The molecule has 1 aliphatic heterocycles. The number of hydrogen-bond acceptors (Lipinski definition) is 6. The Kier molecular flexibility index (Phi) is 5.08. The maximum Gasteiger partial charge on any atom is 0.254 e. The molecule has 0 saturated heterocycles. The lowest BCUT2D eigenvalue weighted by atomic mass is 10.2. The number of amides is 1. The van der Waals surface area contributed by atoms with Crippen LogP contribution in [0.25, 0.3) is 11.0 Å². The van der Waals surface area contributed by atoms with Gasteiger partial charge >= 0.3 is 0 Å². The molecule has 3 aromatic rings. The van der Waals surface area contributed by atoms with Crippen molar-refractivity contribution in [3.8, 4) is 5.75 Å². The molecule has 0 N–H and O–H groups in total. The zero-order chi connectivity index (χ0) is 19.5. The molecule has 0 radical (unpaired) electrons. The lowest BCUT2D eigenvalue weighted by molar-refractivity contribution is -0.123. The van der Waals surface area contributed by atoms with Gasteiger partial charge in [-0.3, -0.25) is 9.69 Å². The van der Waals surface area contributed by atoms with Gasteiger partial charge in [-0.1, -0.05) is 24.3 Å². The molecule has 1 aromatic heterocycles. The summed E-state index contributed by atoms with van der Waals surface area (Å²) in [6, 6.07) is 15.3. The summed E-state index contributed by atoms with van der Waals surface area (Å²) < 4.78 is 10.9. The molecule has 0 unspecified atom stereocenters. The summed E-state index contributed by atoms with van der Waals surface area (Å²) >= 11 is 0. The van der Waals surface area contributed by atoms with Gasteiger partial charge in [-0.05, 0) is 29.8 Å². The molecule has 1 amide bonds. The van der Waals surface area contributed by atoms with E-state index in [4.69, 9.17) is 14.5 Å². The predicted molar refractivity (Wildman–Crippen MR) is 108 cm³/mol. The van der Waals surface area contributed by atoms with E-state index in [2.05, 4.69) is 4.98 Å². The minimum absolute atomic E-state index is 0.0190. The molecular weight excluding hydrogens is 356 g/mol. The Balaban J connectivity index is 1.49. The summed E-state index contributed by atoms with van der Waals surface area (Å²) in [5, 5.41) is 0. The number of hydrogen-bond donors (Lipinski definition) is 0. The number of anilines is 2. The second-order valence-corrected chi connectivity index (χ2v) is 6.67. The number of nitrogens with zero attached hydrogens (tertiary/aromatic N) is 4. The van der Waals surface area contributed by atoms with Gasteiger partial charge in [0.2, 0.25) is 0 Å². The summed E-state index contributed by atoms with van der Waals surface area (Å²) in [6.45, 7) is 1.57. The van der Waals surface area contributed by atoms with Crippen LogP contribution in [0.1, 0.15) is 5.56 Å². The summed E-state index contributed by atoms with van der Waals surface area (Å²) in [4.78, 5) is 25.9. The molecule has 7 nitrogen and oxygen atoms in total. The molecule has 1 aliphatic rings. The second kappa shape index (κ2) is 7.82. The van der Waals surface area contributed by atoms with E-state index in [0.29, 0.717) is 31.3 Å². The van der Waals surface area contributed by atoms with Crippen molar-refractivity contribution in [2.75, 3.05) is 43.7 Å². The van der Waals surface area contributed by atoms with Gasteiger partial charge in [0, 0.05) is 20.1 Å². The molecular formula is C21H22N4O3. The van der Waals surface area contributed by atoms with Crippen LogP contribution in [-0.2, 0) is 16.1 Å². The molecule has 4 rings (SSSR count). The minimum Gasteiger partial charge on any atom is -0.497 e. The zero-order valence-electron chi connectivity index (χ0n) is 16.0. The fraction of sp³-hybridized carbons (Fsp3) is 0.286. The summed E-state index contributed by atoms with van der Waals surface area (Å²) in [5.74, 6) is 1.94. The molecule has 0 bridgehead atoms. The highest BCUT2D eigenvalue weighted by Gasteiger charge is 2.28. The molecule has 7 heteroatoms. The van der Waals surface area contributed by atoms with Gasteiger partial charge in [0.05, 0.1) is 24.8 Å². The third kappa shape index (κ3) is 3.61. The lowest BCUT2D eigenvalue weighted by Gasteiger charge is -2.33. The van der Waals surface area contributed by atoms with Gasteiger partial charge in [-0.25, -0.2) is 9.97 Å². The Labute approximate surface area is 163 Å². The molecule has 2 aromatic carbocycles. The van der Waals surface area contributed by atoms with E-state index < -0.39 is 0 Å². The van der Waals surface area contributed by atoms with Crippen molar-refractivity contribution in [2.24, 2.45) is 0 Å². The van der Waals surface area contributed by atoms with Crippen LogP contribution in [-0.4, -0.2) is 49.7 Å². The first kappa shape index (κ1) is 18.2. The smallest absolute Gasteiger partial charge is 0.254 e. The summed E-state index contributed by atoms with van der Waals surface area (Å²) in [7, 11) is 3.59. The Morgan fingerprint density at radius 2 is 1.79 bits per heavy atom. The Morgan fingerprint density at radius 1 is 1.04 bits per heavy atom. The highest BCUT2D eigenvalue weighted by Crippen LogP contribution is 2.30. The Morgan fingerprint density at radius 3 is 2.54 bits per heavy atom. The van der Waals surface area contributed by atoms with Crippen LogP contribution in [0.5, 0.6) is 5.75 Å². The number of rotatable bonds is 5. The van der Waals surface area contributed by atoms with E-state index in [-0.39, 0.29) is 12.5 Å². The molecule has 28 heavy (non-hydrogen) atoms. The standard InChI is InChI=1S/C21H22N4O3/c1-24-10-11-25(21-20(24)22-17-8-3-4-9-18(17)23-21)19(26)14-28-13-15-6-5-7-16(12-15)27-2/h3-9,12H,10-11,13-14H2,1-2H3. The quantitative estimate of drug-likeness (QED) is 0.680. The van der Waals surface area contributed by atoms with Crippen molar-refractivity contribution in [3.63, 3.8) is 0 Å². The fourth-order valence-corrected chi connectivity index (χ4v) is 3.22. The van der Waals surface area contributed by atoms with E-state index in [0.717, 1.165) is 22.3 Å². The van der Waals surface area contributed by atoms with E-state index >= 15 is 0 Å². The first-order chi connectivity index (χ1) is 13.7. The van der Waals surface area contributed by atoms with Crippen LogP contribution in [0.3, 0.4) is 0 Å². The monoisotopic (exact) mass is 378 g/mol. The normalized spacial score (nSPS) is 13.5. The zero-order valence-corrected chi connectivity index (χ0v) is 16.0. The number of aromatic nitrogens is 2. The number of benzene rings is 2. The van der Waals surface area contributed by atoms with Gasteiger partial charge in [0.25, 0.3) is 5.91 Å². The maximum atomic E-state index is 12.8. The first-order valence-corrected chi connectivity index (χ1v) is 9.14. The van der Waals surface area contributed by atoms with E-state index in [1.807, 2.05) is 60.5 Å². The molecule has 0 aliphatic carbocycles. The van der Waals surface area contributed by atoms with Crippen LogP contribution in [0.2, 0.25) is 0 Å². The van der Waals surface area contributed by atoms with Crippen LogP contribution in [0.4, 0.5) is 11.6 Å². The Hall–Kier alpha value is -3.19. The van der Waals surface area contributed by atoms with Gasteiger partial charge in [-0.2, -0.15) is 0 Å². The largest absolute Gasteiger partial charge is 0.497 e. The van der Waals surface area contributed by atoms with Gasteiger partial charge in [0.1, 0.15) is 12.4 Å². The fourth-order valence-electron chi connectivity index (χ4n) is 3.22. The number of fused-ring (bicyclic) bond motifs is 2. The number of carbonyl (C=O) groups is 1.